The second-order valence-electron chi connectivity index (χ2n) is 14.8. The lowest BCUT2D eigenvalue weighted by atomic mass is 9.99. The van der Waals surface area contributed by atoms with Crippen molar-refractivity contribution in [1.82, 2.24) is 5.32 Å². The van der Waals surface area contributed by atoms with E-state index in [2.05, 4.69) is 31.3 Å². The predicted octanol–water partition coefficient (Wildman–Crippen LogP) is 7.94. The second kappa shape index (κ2) is 33.3. The lowest BCUT2D eigenvalue weighted by molar-refractivity contribution is -0.302. The van der Waals surface area contributed by atoms with Crippen molar-refractivity contribution in [3.8, 4) is 0 Å². The molecule has 6 N–H and O–H groups in total. The summed E-state index contributed by atoms with van der Waals surface area (Å²) in [4.78, 5) is 12.7. The minimum atomic E-state index is -1.57. The third-order valence-electron chi connectivity index (χ3n) is 10.0. The number of hydrogen-bond donors (Lipinski definition) is 6. The number of hydrogen-bond acceptors (Lipinski definition) is 8. The van der Waals surface area contributed by atoms with E-state index in [0.29, 0.717) is 6.42 Å². The summed E-state index contributed by atoms with van der Waals surface area (Å²) < 4.78 is 11.1. The van der Waals surface area contributed by atoms with Crippen LogP contribution < -0.4 is 5.32 Å². The zero-order valence-electron chi connectivity index (χ0n) is 32.6. The molecule has 0 aromatic rings. The van der Waals surface area contributed by atoms with E-state index in [0.717, 1.165) is 51.4 Å². The number of allylic oxidation sites excluding steroid dienone is 3. The van der Waals surface area contributed by atoms with Crippen molar-refractivity contribution in [1.29, 1.82) is 0 Å². The highest BCUT2D eigenvalue weighted by Crippen LogP contribution is 2.22. The maximum absolute atomic E-state index is 12.7. The first-order valence-electron chi connectivity index (χ1n) is 21.1. The molecule has 0 aromatic heterocycles. The van der Waals surface area contributed by atoms with Gasteiger partial charge in [0.25, 0.3) is 0 Å². The normalized spacial score (nSPS) is 22.2. The average molecular weight is 726 g/mol. The zero-order valence-corrected chi connectivity index (χ0v) is 32.6. The third-order valence-corrected chi connectivity index (χ3v) is 10.0. The predicted molar refractivity (Wildman–Crippen MR) is 207 cm³/mol. The van der Waals surface area contributed by atoms with E-state index in [-0.39, 0.29) is 12.5 Å². The number of rotatable bonds is 34. The molecule has 51 heavy (non-hydrogen) atoms. The Hall–Kier alpha value is -1.33. The standard InChI is InChI=1S/C42H79NO8/c1-3-5-7-9-10-11-12-13-14-15-16-17-18-19-20-21-22-23-24-25-26-28-29-31-36(45)35(43-38(46)32-30-27-8-6-4-2)34-50-42-41(49)40(48)39(47)37(33-44)51-42/h24-25,29,31,35-37,39-42,44-45,47-49H,3-23,26-28,30,32-34H2,1-2H3,(H,43,46)/b25-24+,31-29+. The third kappa shape index (κ3) is 24.6. The summed E-state index contributed by atoms with van der Waals surface area (Å²) in [6, 6.07) is -0.813. The van der Waals surface area contributed by atoms with Crippen LogP contribution in [0.1, 0.15) is 181 Å². The molecule has 0 aliphatic carbocycles. The van der Waals surface area contributed by atoms with Gasteiger partial charge in [-0.25, -0.2) is 0 Å². The molecule has 1 fully saturated rings. The van der Waals surface area contributed by atoms with Crippen LogP contribution in [0.2, 0.25) is 0 Å². The van der Waals surface area contributed by atoms with Crippen LogP contribution in [0.4, 0.5) is 0 Å². The molecule has 1 rings (SSSR count). The van der Waals surface area contributed by atoms with E-state index in [1.807, 2.05) is 6.08 Å². The summed E-state index contributed by atoms with van der Waals surface area (Å²) in [7, 11) is 0. The summed E-state index contributed by atoms with van der Waals surface area (Å²) >= 11 is 0. The van der Waals surface area contributed by atoms with Crippen LogP contribution in [0.5, 0.6) is 0 Å². The topological polar surface area (TPSA) is 149 Å². The van der Waals surface area contributed by atoms with Crippen molar-refractivity contribution < 1.29 is 39.8 Å². The molecule has 0 aromatic carbocycles. The molecule has 1 heterocycles. The van der Waals surface area contributed by atoms with E-state index < -0.39 is 49.5 Å². The van der Waals surface area contributed by atoms with Gasteiger partial charge >= 0.3 is 0 Å². The Kier molecular flexibility index (Phi) is 31.1. The maximum atomic E-state index is 12.7. The van der Waals surface area contributed by atoms with Gasteiger partial charge < -0.3 is 40.3 Å². The molecular formula is C42H79NO8. The number of aliphatic hydroxyl groups is 5. The number of carbonyl (C=O) groups excluding carboxylic acids is 1. The highest BCUT2D eigenvalue weighted by molar-refractivity contribution is 5.76. The number of unbranched alkanes of at least 4 members (excludes halogenated alkanes) is 22. The van der Waals surface area contributed by atoms with E-state index in [9.17, 15) is 30.3 Å². The maximum Gasteiger partial charge on any atom is 0.220 e. The first kappa shape index (κ1) is 47.7. The van der Waals surface area contributed by atoms with Gasteiger partial charge in [-0.2, -0.15) is 0 Å². The fraction of sp³-hybridized carbons (Fsp3) is 0.881. The molecule has 1 aliphatic heterocycles. The summed E-state index contributed by atoms with van der Waals surface area (Å²) in [5.41, 5.74) is 0. The van der Waals surface area contributed by atoms with Gasteiger partial charge in [0.1, 0.15) is 24.4 Å². The van der Waals surface area contributed by atoms with Crippen molar-refractivity contribution in [2.75, 3.05) is 13.2 Å². The van der Waals surface area contributed by atoms with Gasteiger partial charge in [-0.15, -0.1) is 0 Å². The summed E-state index contributed by atoms with van der Waals surface area (Å²) in [6.45, 7) is 3.65. The second-order valence-corrected chi connectivity index (χ2v) is 14.8. The smallest absolute Gasteiger partial charge is 0.220 e. The lowest BCUT2D eigenvalue weighted by Crippen LogP contribution is -2.60. The highest BCUT2D eigenvalue weighted by atomic mass is 16.7. The molecule has 1 saturated heterocycles. The molecule has 7 atom stereocenters. The summed E-state index contributed by atoms with van der Waals surface area (Å²) in [6.07, 6.45) is 31.4. The van der Waals surface area contributed by atoms with Crippen molar-refractivity contribution in [3.63, 3.8) is 0 Å². The van der Waals surface area contributed by atoms with E-state index in [1.165, 1.54) is 109 Å². The number of nitrogens with one attached hydrogen (secondary N) is 1. The van der Waals surface area contributed by atoms with E-state index >= 15 is 0 Å². The van der Waals surface area contributed by atoms with Crippen LogP contribution >= 0.6 is 0 Å². The van der Waals surface area contributed by atoms with Crippen molar-refractivity contribution in [3.05, 3.63) is 24.3 Å². The van der Waals surface area contributed by atoms with Gasteiger partial charge in [-0.1, -0.05) is 167 Å². The lowest BCUT2D eigenvalue weighted by Gasteiger charge is -2.40. The fourth-order valence-corrected chi connectivity index (χ4v) is 6.58. The molecule has 1 amide bonds. The molecule has 0 spiro atoms. The highest BCUT2D eigenvalue weighted by Gasteiger charge is 2.44. The molecule has 0 saturated carbocycles. The van der Waals surface area contributed by atoms with Gasteiger partial charge in [0.05, 0.1) is 25.4 Å². The molecule has 0 radical (unpaired) electrons. The van der Waals surface area contributed by atoms with Crippen LogP contribution in [-0.2, 0) is 14.3 Å². The van der Waals surface area contributed by atoms with Crippen molar-refractivity contribution in [2.45, 2.75) is 224 Å². The van der Waals surface area contributed by atoms with Gasteiger partial charge in [-0.05, 0) is 32.1 Å². The zero-order chi connectivity index (χ0) is 37.4. The van der Waals surface area contributed by atoms with Crippen LogP contribution in [0.15, 0.2) is 24.3 Å². The van der Waals surface area contributed by atoms with Crippen LogP contribution in [0.25, 0.3) is 0 Å². The van der Waals surface area contributed by atoms with Crippen LogP contribution in [0, 0.1) is 0 Å². The first-order valence-corrected chi connectivity index (χ1v) is 21.1. The Morgan fingerprint density at radius 3 is 1.65 bits per heavy atom. The molecule has 9 nitrogen and oxygen atoms in total. The number of ether oxygens (including phenoxy) is 2. The Morgan fingerprint density at radius 2 is 1.12 bits per heavy atom. The molecule has 9 heteroatoms. The minimum absolute atomic E-state index is 0.199. The SMILES string of the molecule is CCCCCCCCCCCCCCCCCCC/C=C/CC/C=C/C(O)C(COC1OC(CO)C(O)C(O)C1O)NC(=O)CCCCCCC. The van der Waals surface area contributed by atoms with E-state index in [1.54, 1.807) is 6.08 Å². The van der Waals surface area contributed by atoms with Crippen LogP contribution in [-0.4, -0.2) is 87.5 Å². The molecular weight excluding hydrogens is 646 g/mol. The molecule has 300 valence electrons. The monoisotopic (exact) mass is 726 g/mol. The van der Waals surface area contributed by atoms with Gasteiger partial charge in [0.2, 0.25) is 5.91 Å². The van der Waals surface area contributed by atoms with Gasteiger partial charge in [-0.3, -0.25) is 4.79 Å². The number of aliphatic hydroxyl groups excluding tert-OH is 5. The van der Waals surface area contributed by atoms with Crippen LogP contribution in [0.3, 0.4) is 0 Å². The van der Waals surface area contributed by atoms with Crippen molar-refractivity contribution >= 4 is 5.91 Å². The van der Waals surface area contributed by atoms with Crippen molar-refractivity contribution in [2.24, 2.45) is 0 Å². The van der Waals surface area contributed by atoms with Gasteiger partial charge in [0, 0.05) is 6.42 Å². The number of carbonyl (C=O) groups is 1. The first-order chi connectivity index (χ1) is 24.8. The summed E-state index contributed by atoms with van der Waals surface area (Å²) in [5, 5.41) is 53.7. The Labute approximate surface area is 311 Å². The minimum Gasteiger partial charge on any atom is -0.394 e. The molecule has 1 aliphatic rings. The average Bonchev–Trinajstić information content (AvgIpc) is 3.13. The Balaban J connectivity index is 2.26. The Bertz CT molecular complexity index is 853. The van der Waals surface area contributed by atoms with E-state index in [4.69, 9.17) is 9.47 Å². The quantitative estimate of drug-likeness (QED) is 0.0289. The number of amides is 1. The largest absolute Gasteiger partial charge is 0.394 e. The summed E-state index contributed by atoms with van der Waals surface area (Å²) in [5.74, 6) is -0.200. The Morgan fingerprint density at radius 1 is 0.647 bits per heavy atom. The molecule has 7 unspecified atom stereocenters. The molecule has 0 bridgehead atoms. The van der Waals surface area contributed by atoms with Gasteiger partial charge in [0.15, 0.2) is 6.29 Å². The fourth-order valence-electron chi connectivity index (χ4n) is 6.58.